The monoisotopic (exact) mass is 280 g/mol. The molecule has 1 N–H and O–H groups in total. The molecule has 1 heterocycles. The van der Waals surface area contributed by atoms with Gasteiger partial charge in [0.1, 0.15) is 5.82 Å². The fourth-order valence-electron chi connectivity index (χ4n) is 2.74. The molecule has 1 aliphatic heterocycles. The zero-order valence-electron chi connectivity index (χ0n) is 12.4. The van der Waals surface area contributed by atoms with Crippen LogP contribution in [0.5, 0.6) is 0 Å². The van der Waals surface area contributed by atoms with Crippen LogP contribution in [0.1, 0.15) is 25.3 Å². The number of halogens is 1. The summed E-state index contributed by atoms with van der Waals surface area (Å²) in [5.41, 5.74) is 0.745. The summed E-state index contributed by atoms with van der Waals surface area (Å²) in [6, 6.07) is 7.72. The van der Waals surface area contributed by atoms with Crippen molar-refractivity contribution in [2.45, 2.75) is 38.4 Å². The third kappa shape index (κ3) is 4.01. The molecule has 0 aliphatic carbocycles. The Labute approximate surface area is 121 Å². The van der Waals surface area contributed by atoms with Gasteiger partial charge in [0, 0.05) is 30.8 Å². The summed E-state index contributed by atoms with van der Waals surface area (Å²) < 4.78 is 19.3. The lowest BCUT2D eigenvalue weighted by molar-refractivity contribution is 0.00321. The first-order valence-electron chi connectivity index (χ1n) is 7.47. The molecule has 112 valence electrons. The second kappa shape index (κ2) is 7.72. The average molecular weight is 280 g/mol. The molecule has 0 spiro atoms. The van der Waals surface area contributed by atoms with Gasteiger partial charge in [-0.15, -0.1) is 0 Å². The molecule has 1 aliphatic rings. The topological polar surface area (TPSA) is 24.5 Å². The third-order valence-electron chi connectivity index (χ3n) is 3.93. The Morgan fingerprint density at radius 3 is 2.95 bits per heavy atom. The van der Waals surface area contributed by atoms with Crippen molar-refractivity contribution in [3.63, 3.8) is 0 Å². The van der Waals surface area contributed by atoms with E-state index in [1.165, 1.54) is 6.07 Å². The van der Waals surface area contributed by atoms with E-state index < -0.39 is 0 Å². The average Bonchev–Trinajstić information content (AvgIpc) is 2.47. The van der Waals surface area contributed by atoms with Gasteiger partial charge >= 0.3 is 0 Å². The van der Waals surface area contributed by atoms with Crippen molar-refractivity contribution < 1.29 is 9.13 Å². The van der Waals surface area contributed by atoms with Gasteiger partial charge in [0.05, 0.1) is 6.61 Å². The minimum Gasteiger partial charge on any atom is -0.380 e. The van der Waals surface area contributed by atoms with Crippen LogP contribution in [0.15, 0.2) is 24.3 Å². The first-order chi connectivity index (χ1) is 9.72. The summed E-state index contributed by atoms with van der Waals surface area (Å²) in [7, 11) is 2.05. The molecule has 20 heavy (non-hydrogen) atoms. The highest BCUT2D eigenvalue weighted by Gasteiger charge is 2.28. The predicted molar refractivity (Wildman–Crippen MR) is 79.2 cm³/mol. The summed E-state index contributed by atoms with van der Waals surface area (Å²) in [5.74, 6) is -0.130. The maximum absolute atomic E-state index is 13.7. The van der Waals surface area contributed by atoms with Crippen LogP contribution in [0, 0.1) is 5.82 Å². The van der Waals surface area contributed by atoms with Crippen molar-refractivity contribution in [3.05, 3.63) is 35.6 Å². The smallest absolute Gasteiger partial charge is 0.127 e. The largest absolute Gasteiger partial charge is 0.380 e. The van der Waals surface area contributed by atoms with Gasteiger partial charge in [-0.05, 0) is 32.5 Å². The standard InChI is InChI=1S/C16H25FN2O/c1-3-9-18-15-8-10-20-12-16(15)19(2)11-13-6-4-5-7-14(13)17/h4-7,15-16,18H,3,8-12H2,1-2H3. The Hall–Kier alpha value is -0.970. The molecule has 0 saturated carbocycles. The molecular formula is C16H25FN2O. The molecule has 2 atom stereocenters. The van der Waals surface area contributed by atoms with E-state index in [0.29, 0.717) is 25.2 Å². The highest BCUT2D eigenvalue weighted by Crippen LogP contribution is 2.17. The lowest BCUT2D eigenvalue weighted by atomic mass is 10.0. The molecule has 0 amide bonds. The van der Waals surface area contributed by atoms with Crippen LogP contribution in [-0.4, -0.2) is 43.8 Å². The van der Waals surface area contributed by atoms with Crippen molar-refractivity contribution in [1.29, 1.82) is 0 Å². The Morgan fingerprint density at radius 1 is 1.40 bits per heavy atom. The van der Waals surface area contributed by atoms with E-state index in [9.17, 15) is 4.39 Å². The lowest BCUT2D eigenvalue weighted by Crippen LogP contribution is -2.54. The van der Waals surface area contributed by atoms with Gasteiger partial charge in [-0.1, -0.05) is 25.1 Å². The molecule has 3 nitrogen and oxygen atoms in total. The SMILES string of the molecule is CCCNC1CCOCC1N(C)Cc1ccccc1F. The summed E-state index contributed by atoms with van der Waals surface area (Å²) in [6.45, 7) is 5.34. The summed E-state index contributed by atoms with van der Waals surface area (Å²) in [6.07, 6.45) is 2.15. The first kappa shape index (κ1) is 15.4. The number of ether oxygens (including phenoxy) is 1. The van der Waals surface area contributed by atoms with Gasteiger partial charge in [-0.25, -0.2) is 4.39 Å². The van der Waals surface area contributed by atoms with Crippen LogP contribution in [0.2, 0.25) is 0 Å². The Bertz CT molecular complexity index is 413. The van der Waals surface area contributed by atoms with E-state index in [4.69, 9.17) is 4.74 Å². The predicted octanol–water partition coefficient (Wildman–Crippen LogP) is 2.41. The van der Waals surface area contributed by atoms with E-state index in [1.807, 2.05) is 19.2 Å². The molecule has 2 rings (SSSR count). The second-order valence-corrected chi connectivity index (χ2v) is 5.50. The van der Waals surface area contributed by atoms with Gasteiger partial charge in [-0.3, -0.25) is 4.90 Å². The number of nitrogens with zero attached hydrogens (tertiary/aromatic N) is 1. The van der Waals surface area contributed by atoms with Gasteiger partial charge in [-0.2, -0.15) is 0 Å². The fraction of sp³-hybridized carbons (Fsp3) is 0.625. The number of likely N-dealkylation sites (N-methyl/N-ethyl adjacent to an activating group) is 1. The molecule has 4 heteroatoms. The van der Waals surface area contributed by atoms with Crippen molar-refractivity contribution in [2.24, 2.45) is 0 Å². The quantitative estimate of drug-likeness (QED) is 0.866. The zero-order chi connectivity index (χ0) is 14.4. The van der Waals surface area contributed by atoms with Gasteiger partial charge in [0.15, 0.2) is 0 Å². The highest BCUT2D eigenvalue weighted by molar-refractivity contribution is 5.17. The maximum Gasteiger partial charge on any atom is 0.127 e. The van der Waals surface area contributed by atoms with Crippen LogP contribution >= 0.6 is 0 Å². The number of hydrogen-bond acceptors (Lipinski definition) is 3. The first-order valence-corrected chi connectivity index (χ1v) is 7.47. The zero-order valence-corrected chi connectivity index (χ0v) is 12.4. The third-order valence-corrected chi connectivity index (χ3v) is 3.93. The summed E-state index contributed by atoms with van der Waals surface area (Å²) in [5, 5.41) is 3.59. The number of nitrogens with one attached hydrogen (secondary N) is 1. The molecule has 1 saturated heterocycles. The lowest BCUT2D eigenvalue weighted by Gasteiger charge is -2.38. The minimum atomic E-state index is -0.130. The van der Waals surface area contributed by atoms with Crippen LogP contribution in [-0.2, 0) is 11.3 Å². The second-order valence-electron chi connectivity index (χ2n) is 5.50. The highest BCUT2D eigenvalue weighted by atomic mass is 19.1. The molecule has 1 aromatic rings. The molecule has 2 unspecified atom stereocenters. The number of benzene rings is 1. The number of hydrogen-bond donors (Lipinski definition) is 1. The normalized spacial score (nSPS) is 23.2. The van der Waals surface area contributed by atoms with E-state index in [0.717, 1.165) is 31.6 Å². The Kier molecular flexibility index (Phi) is 5.95. The Morgan fingerprint density at radius 2 is 2.20 bits per heavy atom. The summed E-state index contributed by atoms with van der Waals surface area (Å²) in [4.78, 5) is 2.20. The molecule has 1 aromatic carbocycles. The molecule has 0 aromatic heterocycles. The van der Waals surface area contributed by atoms with E-state index >= 15 is 0 Å². The fourth-order valence-corrected chi connectivity index (χ4v) is 2.74. The van der Waals surface area contributed by atoms with Gasteiger partial charge in [0.25, 0.3) is 0 Å². The molecule has 0 radical (unpaired) electrons. The van der Waals surface area contributed by atoms with Crippen LogP contribution in [0.4, 0.5) is 4.39 Å². The molecule has 0 bridgehead atoms. The molecule has 1 fully saturated rings. The van der Waals surface area contributed by atoms with Crippen molar-refractivity contribution in [2.75, 3.05) is 26.8 Å². The molecular weight excluding hydrogens is 255 g/mol. The Balaban J connectivity index is 1.98. The van der Waals surface area contributed by atoms with E-state index in [1.54, 1.807) is 6.07 Å². The van der Waals surface area contributed by atoms with Crippen molar-refractivity contribution in [3.8, 4) is 0 Å². The van der Waals surface area contributed by atoms with E-state index in [2.05, 4.69) is 17.1 Å². The van der Waals surface area contributed by atoms with Gasteiger partial charge in [0.2, 0.25) is 0 Å². The minimum absolute atomic E-state index is 0.130. The van der Waals surface area contributed by atoms with Crippen molar-refractivity contribution >= 4 is 0 Å². The maximum atomic E-state index is 13.7. The van der Waals surface area contributed by atoms with Crippen LogP contribution < -0.4 is 5.32 Å². The summed E-state index contributed by atoms with van der Waals surface area (Å²) >= 11 is 0. The van der Waals surface area contributed by atoms with Crippen LogP contribution in [0.3, 0.4) is 0 Å². The van der Waals surface area contributed by atoms with Crippen molar-refractivity contribution in [1.82, 2.24) is 10.2 Å². The van der Waals surface area contributed by atoms with Crippen LogP contribution in [0.25, 0.3) is 0 Å². The number of rotatable bonds is 6. The van der Waals surface area contributed by atoms with E-state index in [-0.39, 0.29) is 5.82 Å². The van der Waals surface area contributed by atoms with Gasteiger partial charge < -0.3 is 10.1 Å².